The first-order chi connectivity index (χ1) is 8.00. The maximum Gasteiger partial charge on any atom is 0.253 e. The van der Waals surface area contributed by atoms with E-state index in [4.69, 9.17) is 0 Å². The second-order valence-corrected chi connectivity index (χ2v) is 3.42. The topological polar surface area (TPSA) is 95.6 Å². The lowest BCUT2D eigenvalue weighted by molar-refractivity contribution is -0.137. The van der Waals surface area contributed by atoms with Gasteiger partial charge in [0.15, 0.2) is 0 Å². The Morgan fingerprint density at radius 1 is 1.18 bits per heavy atom. The summed E-state index contributed by atoms with van der Waals surface area (Å²) in [5.74, 6) is -1.43. The maximum atomic E-state index is 11.2. The highest BCUT2D eigenvalue weighted by Crippen LogP contribution is 2.01. The molecule has 1 aliphatic heterocycles. The minimum absolute atomic E-state index is 0.116. The third-order valence-corrected chi connectivity index (χ3v) is 2.06. The molecule has 17 heavy (non-hydrogen) atoms. The van der Waals surface area contributed by atoms with Crippen LogP contribution < -0.4 is 10.6 Å². The van der Waals surface area contributed by atoms with Gasteiger partial charge in [-0.3, -0.25) is 24.1 Å². The minimum Gasteiger partial charge on any atom is -0.353 e. The summed E-state index contributed by atoms with van der Waals surface area (Å²) < 4.78 is 0. The van der Waals surface area contributed by atoms with Crippen LogP contribution in [0.15, 0.2) is 12.2 Å². The second kappa shape index (κ2) is 5.78. The molecule has 0 aromatic rings. The van der Waals surface area contributed by atoms with Crippen molar-refractivity contribution in [2.45, 2.75) is 6.92 Å². The van der Waals surface area contributed by atoms with Crippen LogP contribution in [0.25, 0.3) is 0 Å². The molecular formula is C10H13N3O4. The van der Waals surface area contributed by atoms with Gasteiger partial charge < -0.3 is 10.6 Å². The van der Waals surface area contributed by atoms with Crippen LogP contribution >= 0.6 is 0 Å². The zero-order chi connectivity index (χ0) is 12.8. The standard InChI is InChI=1S/C10H13N3O4/c1-7(14)12-6-8(15)11-4-5-13-9(16)2-3-10(13)17/h2-3H,4-6H2,1H3,(H,11,15)(H,12,14). The number of amides is 4. The molecule has 0 unspecified atom stereocenters. The molecule has 7 heteroatoms. The van der Waals surface area contributed by atoms with Crippen LogP contribution in [0, 0.1) is 0 Å². The molecule has 1 heterocycles. The van der Waals surface area contributed by atoms with Crippen molar-refractivity contribution in [3.8, 4) is 0 Å². The van der Waals surface area contributed by atoms with E-state index in [2.05, 4.69) is 10.6 Å². The summed E-state index contributed by atoms with van der Waals surface area (Å²) in [4.78, 5) is 44.9. The van der Waals surface area contributed by atoms with Crippen LogP contribution in [0.2, 0.25) is 0 Å². The van der Waals surface area contributed by atoms with Gasteiger partial charge in [-0.15, -0.1) is 0 Å². The Morgan fingerprint density at radius 3 is 2.29 bits per heavy atom. The van der Waals surface area contributed by atoms with Gasteiger partial charge in [0.1, 0.15) is 0 Å². The zero-order valence-electron chi connectivity index (χ0n) is 9.36. The third-order valence-electron chi connectivity index (χ3n) is 2.06. The van der Waals surface area contributed by atoms with Crippen molar-refractivity contribution in [2.75, 3.05) is 19.6 Å². The van der Waals surface area contributed by atoms with Gasteiger partial charge in [-0.05, 0) is 0 Å². The van der Waals surface area contributed by atoms with Crippen molar-refractivity contribution in [2.24, 2.45) is 0 Å². The van der Waals surface area contributed by atoms with Gasteiger partial charge in [-0.2, -0.15) is 0 Å². The monoisotopic (exact) mass is 239 g/mol. The van der Waals surface area contributed by atoms with Crippen LogP contribution in [0.1, 0.15) is 6.92 Å². The first kappa shape index (κ1) is 12.9. The fourth-order valence-corrected chi connectivity index (χ4v) is 1.23. The first-order valence-electron chi connectivity index (χ1n) is 5.05. The van der Waals surface area contributed by atoms with Crippen molar-refractivity contribution in [3.63, 3.8) is 0 Å². The molecule has 0 spiro atoms. The van der Waals surface area contributed by atoms with Crippen molar-refractivity contribution < 1.29 is 19.2 Å². The lowest BCUT2D eigenvalue weighted by Crippen LogP contribution is -2.41. The molecule has 1 aliphatic rings. The highest BCUT2D eigenvalue weighted by molar-refractivity contribution is 6.12. The van der Waals surface area contributed by atoms with Crippen LogP contribution in [-0.2, 0) is 19.2 Å². The SMILES string of the molecule is CC(=O)NCC(=O)NCCN1C(=O)C=CC1=O. The lowest BCUT2D eigenvalue weighted by atomic mass is 10.4. The molecule has 0 bridgehead atoms. The van der Waals surface area contributed by atoms with Gasteiger partial charge >= 0.3 is 0 Å². The summed E-state index contributed by atoms with van der Waals surface area (Å²) in [6.45, 7) is 1.48. The third kappa shape index (κ3) is 4.06. The van der Waals surface area contributed by atoms with Gasteiger partial charge in [0.25, 0.3) is 11.8 Å². The van der Waals surface area contributed by atoms with Crippen molar-refractivity contribution in [1.29, 1.82) is 0 Å². The Kier molecular flexibility index (Phi) is 4.38. The molecule has 7 nitrogen and oxygen atoms in total. The second-order valence-electron chi connectivity index (χ2n) is 3.42. The highest BCUT2D eigenvalue weighted by Gasteiger charge is 2.22. The highest BCUT2D eigenvalue weighted by atomic mass is 16.2. The summed E-state index contributed by atoms with van der Waals surface area (Å²) in [5, 5.41) is 4.81. The van der Waals surface area contributed by atoms with Gasteiger partial charge in [0.05, 0.1) is 6.54 Å². The fourth-order valence-electron chi connectivity index (χ4n) is 1.23. The number of nitrogens with one attached hydrogen (secondary N) is 2. The van der Waals surface area contributed by atoms with E-state index < -0.39 is 0 Å². The van der Waals surface area contributed by atoms with Crippen molar-refractivity contribution >= 4 is 23.6 Å². The van der Waals surface area contributed by atoms with E-state index in [9.17, 15) is 19.2 Å². The smallest absolute Gasteiger partial charge is 0.253 e. The first-order valence-corrected chi connectivity index (χ1v) is 5.05. The quantitative estimate of drug-likeness (QED) is 0.551. The number of carbonyl (C=O) groups is 4. The number of hydrogen-bond donors (Lipinski definition) is 2. The molecule has 4 amide bonds. The summed E-state index contributed by atoms with van der Waals surface area (Å²) in [6, 6.07) is 0. The lowest BCUT2D eigenvalue weighted by Gasteiger charge is -2.13. The van der Waals surface area contributed by atoms with E-state index in [1.807, 2.05) is 0 Å². The summed E-state index contributed by atoms with van der Waals surface area (Å²) >= 11 is 0. The minimum atomic E-state index is -0.383. The van der Waals surface area contributed by atoms with Gasteiger partial charge in [0, 0.05) is 32.2 Å². The Bertz CT molecular complexity index is 371. The average Bonchev–Trinajstić information content (AvgIpc) is 2.57. The molecule has 0 aromatic carbocycles. The number of nitrogens with zero attached hydrogens (tertiary/aromatic N) is 1. The normalized spacial score (nSPS) is 14.1. The number of carbonyl (C=O) groups excluding carboxylic acids is 4. The summed E-state index contributed by atoms with van der Waals surface area (Å²) in [7, 11) is 0. The van der Waals surface area contributed by atoms with E-state index >= 15 is 0 Å². The van der Waals surface area contributed by atoms with Crippen LogP contribution in [-0.4, -0.2) is 48.2 Å². The van der Waals surface area contributed by atoms with Gasteiger partial charge in [-0.25, -0.2) is 0 Å². The van der Waals surface area contributed by atoms with E-state index in [-0.39, 0.29) is 43.3 Å². The Balaban J connectivity index is 2.20. The predicted octanol–water partition coefficient (Wildman–Crippen LogP) is -1.84. The van der Waals surface area contributed by atoms with Gasteiger partial charge in [0.2, 0.25) is 11.8 Å². The van der Waals surface area contributed by atoms with Crippen LogP contribution in [0.4, 0.5) is 0 Å². The molecule has 0 radical (unpaired) electrons. The van der Waals surface area contributed by atoms with Crippen LogP contribution in [0.5, 0.6) is 0 Å². The molecule has 1 rings (SSSR count). The molecule has 0 saturated heterocycles. The Morgan fingerprint density at radius 2 is 1.76 bits per heavy atom. The number of hydrogen-bond acceptors (Lipinski definition) is 4. The molecule has 2 N–H and O–H groups in total. The fraction of sp³-hybridized carbons (Fsp3) is 0.400. The predicted molar refractivity (Wildman–Crippen MR) is 57.6 cm³/mol. The van der Waals surface area contributed by atoms with Crippen molar-refractivity contribution in [3.05, 3.63) is 12.2 Å². The molecule has 0 atom stereocenters. The molecular weight excluding hydrogens is 226 g/mol. The van der Waals surface area contributed by atoms with Crippen molar-refractivity contribution in [1.82, 2.24) is 15.5 Å². The van der Waals surface area contributed by atoms with E-state index in [1.165, 1.54) is 19.1 Å². The largest absolute Gasteiger partial charge is 0.353 e. The molecule has 0 aliphatic carbocycles. The number of rotatable bonds is 5. The maximum absolute atomic E-state index is 11.2. The van der Waals surface area contributed by atoms with E-state index in [0.29, 0.717) is 0 Å². The molecule has 0 aromatic heterocycles. The van der Waals surface area contributed by atoms with Gasteiger partial charge in [-0.1, -0.05) is 0 Å². The summed E-state index contributed by atoms with van der Waals surface area (Å²) in [6.07, 6.45) is 2.36. The Labute approximate surface area is 97.8 Å². The van der Waals surface area contributed by atoms with E-state index in [1.54, 1.807) is 0 Å². The summed E-state index contributed by atoms with van der Waals surface area (Å²) in [5.41, 5.74) is 0. The molecule has 0 saturated carbocycles. The number of imide groups is 1. The average molecular weight is 239 g/mol. The van der Waals surface area contributed by atoms with E-state index in [0.717, 1.165) is 4.90 Å². The molecule has 92 valence electrons. The van der Waals surface area contributed by atoms with Crippen LogP contribution in [0.3, 0.4) is 0 Å². The zero-order valence-corrected chi connectivity index (χ0v) is 9.36. The molecule has 0 fully saturated rings. The Hall–Kier alpha value is -2.18.